The maximum absolute atomic E-state index is 14.3. The lowest BCUT2D eigenvalue weighted by molar-refractivity contribution is 0.583. The van der Waals surface area contributed by atoms with Crippen molar-refractivity contribution >= 4 is 19.8 Å². The number of hydrogen-bond acceptors (Lipinski definition) is 3. The van der Waals surface area contributed by atoms with Crippen LogP contribution in [-0.2, 0) is 24.0 Å². The van der Waals surface area contributed by atoms with Crippen LogP contribution in [0.1, 0.15) is 0 Å². The molecule has 0 N–H and O–H groups in total. The molecule has 0 fully saturated rings. The molecule has 0 aromatic heterocycles. The van der Waals surface area contributed by atoms with Crippen molar-refractivity contribution in [3.63, 3.8) is 0 Å². The fraction of sp³-hybridized carbons (Fsp3) is 0. The van der Waals surface area contributed by atoms with E-state index in [0.29, 0.717) is 14.7 Å². The molecule has 0 aliphatic rings. The van der Waals surface area contributed by atoms with E-state index < -0.39 is 19.8 Å². The lowest BCUT2D eigenvalue weighted by Gasteiger charge is -2.12. The highest BCUT2D eigenvalue weighted by Gasteiger charge is 2.37. The molecule has 3 nitrogen and oxygen atoms in total. The highest BCUT2D eigenvalue weighted by Crippen LogP contribution is 2.37. The Labute approximate surface area is 172 Å². The molecule has 0 aliphatic carbocycles. The quantitative estimate of drug-likeness (QED) is 0.402. The Hall–Kier alpha value is -3.02. The smallest absolute Gasteiger partial charge is 0.206 e. The SMILES string of the molecule is O=S(=O)(c1ccccc1)c1ccc([S+](=O)(c2ccccc2)c2ccccc2)cc1. The topological polar surface area (TPSA) is 51.2 Å². The van der Waals surface area contributed by atoms with Gasteiger partial charge in [0.05, 0.1) is 9.79 Å². The van der Waals surface area contributed by atoms with Crippen LogP contribution in [0.15, 0.2) is 140 Å². The summed E-state index contributed by atoms with van der Waals surface area (Å²) in [5.74, 6) is 0. The van der Waals surface area contributed by atoms with Gasteiger partial charge in [0.15, 0.2) is 24.6 Å². The van der Waals surface area contributed by atoms with E-state index in [1.54, 1.807) is 42.5 Å². The van der Waals surface area contributed by atoms with E-state index in [0.717, 1.165) is 0 Å². The van der Waals surface area contributed by atoms with Crippen LogP contribution in [-0.4, -0.2) is 8.42 Å². The second-order valence-corrected chi connectivity index (χ2v) is 10.9. The van der Waals surface area contributed by atoms with Crippen LogP contribution in [0.4, 0.5) is 0 Å². The predicted molar refractivity (Wildman–Crippen MR) is 114 cm³/mol. The summed E-state index contributed by atoms with van der Waals surface area (Å²) in [5, 5.41) is 0. The van der Waals surface area contributed by atoms with Crippen molar-refractivity contribution in [2.24, 2.45) is 0 Å². The zero-order chi connectivity index (χ0) is 20.3. The minimum absolute atomic E-state index is 0.176. The summed E-state index contributed by atoms with van der Waals surface area (Å²) < 4.78 is 40.0. The minimum Gasteiger partial charge on any atom is -0.219 e. The molecule has 0 saturated carbocycles. The molecular weight excluding hydrogens is 400 g/mol. The minimum atomic E-state index is -3.62. The van der Waals surface area contributed by atoms with Gasteiger partial charge in [-0.3, -0.25) is 0 Å². The first-order chi connectivity index (χ1) is 14.0. The second kappa shape index (κ2) is 7.78. The van der Waals surface area contributed by atoms with E-state index in [2.05, 4.69) is 0 Å². The lowest BCUT2D eigenvalue weighted by Crippen LogP contribution is -2.13. The monoisotopic (exact) mass is 419 g/mol. The van der Waals surface area contributed by atoms with Gasteiger partial charge < -0.3 is 0 Å². The fourth-order valence-electron chi connectivity index (χ4n) is 3.18. The third-order valence-electron chi connectivity index (χ3n) is 4.67. The van der Waals surface area contributed by atoms with Gasteiger partial charge in [-0.1, -0.05) is 58.8 Å². The van der Waals surface area contributed by atoms with Crippen LogP contribution in [0.3, 0.4) is 0 Å². The normalized spacial score (nSPS) is 11.9. The third kappa shape index (κ3) is 3.55. The molecule has 29 heavy (non-hydrogen) atoms. The largest absolute Gasteiger partial charge is 0.219 e. The Bertz CT molecular complexity index is 1210. The van der Waals surface area contributed by atoms with Crippen LogP contribution in [0.25, 0.3) is 0 Å². The summed E-state index contributed by atoms with van der Waals surface area (Å²) in [4.78, 5) is 2.35. The first-order valence-electron chi connectivity index (χ1n) is 9.07. The van der Waals surface area contributed by atoms with E-state index in [4.69, 9.17) is 0 Å². The molecule has 4 rings (SSSR count). The standard InChI is InChI=1S/C24H19O3S2/c25-28(20-10-4-1-5-11-20,21-12-6-2-7-13-21)22-16-18-24(19-17-22)29(26,27)23-14-8-3-9-15-23/h1-19H/q+1. The van der Waals surface area contributed by atoms with E-state index in [1.165, 1.54) is 12.1 Å². The lowest BCUT2D eigenvalue weighted by atomic mass is 10.3. The number of rotatable bonds is 5. The van der Waals surface area contributed by atoms with Gasteiger partial charge in [-0.05, 0) is 60.7 Å². The highest BCUT2D eigenvalue weighted by molar-refractivity contribution is 8.03. The summed E-state index contributed by atoms with van der Waals surface area (Å²) >= 11 is 0. The molecule has 5 heteroatoms. The molecule has 4 aromatic carbocycles. The zero-order valence-corrected chi connectivity index (χ0v) is 17.1. The van der Waals surface area contributed by atoms with E-state index in [-0.39, 0.29) is 9.79 Å². The maximum atomic E-state index is 14.3. The first-order valence-corrected chi connectivity index (χ1v) is 12.1. The molecular formula is C24H19O3S2+. The summed E-state index contributed by atoms with van der Waals surface area (Å²) in [6, 6.07) is 33.2. The molecule has 0 bridgehead atoms. The van der Waals surface area contributed by atoms with Crippen LogP contribution >= 0.6 is 0 Å². The van der Waals surface area contributed by atoms with Crippen molar-refractivity contribution in [3.05, 3.63) is 115 Å². The van der Waals surface area contributed by atoms with Crippen LogP contribution in [0.5, 0.6) is 0 Å². The van der Waals surface area contributed by atoms with Gasteiger partial charge in [-0.2, -0.15) is 0 Å². The number of benzene rings is 4. The Morgan fingerprint density at radius 2 is 0.793 bits per heavy atom. The molecule has 0 unspecified atom stereocenters. The predicted octanol–water partition coefficient (Wildman–Crippen LogP) is 5.50. The van der Waals surface area contributed by atoms with Crippen molar-refractivity contribution in [3.8, 4) is 0 Å². The van der Waals surface area contributed by atoms with Crippen molar-refractivity contribution in [2.75, 3.05) is 0 Å². The van der Waals surface area contributed by atoms with Crippen LogP contribution in [0, 0.1) is 0 Å². The Kier molecular flexibility index (Phi) is 5.18. The molecule has 144 valence electrons. The molecule has 4 aromatic rings. The molecule has 0 radical (unpaired) electrons. The van der Waals surface area contributed by atoms with Gasteiger partial charge in [0, 0.05) is 0 Å². The van der Waals surface area contributed by atoms with Crippen molar-refractivity contribution < 1.29 is 12.6 Å². The molecule has 0 saturated heterocycles. The van der Waals surface area contributed by atoms with Crippen LogP contribution < -0.4 is 0 Å². The average molecular weight is 420 g/mol. The molecule has 0 amide bonds. The average Bonchev–Trinajstić information content (AvgIpc) is 2.80. The zero-order valence-electron chi connectivity index (χ0n) is 15.5. The van der Waals surface area contributed by atoms with Gasteiger partial charge in [-0.15, -0.1) is 0 Å². The van der Waals surface area contributed by atoms with Gasteiger partial charge >= 0.3 is 0 Å². The Balaban J connectivity index is 1.83. The fourth-order valence-corrected chi connectivity index (χ4v) is 6.88. The third-order valence-corrected chi connectivity index (χ3v) is 9.26. The van der Waals surface area contributed by atoms with Gasteiger partial charge in [0.25, 0.3) is 0 Å². The highest BCUT2D eigenvalue weighted by atomic mass is 32.2. The summed E-state index contributed by atoms with van der Waals surface area (Å²) in [6.07, 6.45) is 0. The van der Waals surface area contributed by atoms with E-state index in [9.17, 15) is 12.6 Å². The van der Waals surface area contributed by atoms with Crippen molar-refractivity contribution in [2.45, 2.75) is 24.5 Å². The van der Waals surface area contributed by atoms with Gasteiger partial charge in [-0.25, -0.2) is 8.42 Å². The van der Waals surface area contributed by atoms with Gasteiger partial charge in [0.1, 0.15) is 0 Å². The molecule has 0 atom stereocenters. The first kappa shape index (κ1) is 19.3. The second-order valence-electron chi connectivity index (χ2n) is 6.47. The Morgan fingerprint density at radius 3 is 1.24 bits per heavy atom. The Morgan fingerprint density at radius 1 is 0.448 bits per heavy atom. The molecule has 0 spiro atoms. The summed E-state index contributed by atoms with van der Waals surface area (Å²) in [5.41, 5.74) is 0. The van der Waals surface area contributed by atoms with Gasteiger partial charge in [0.2, 0.25) is 9.84 Å². The van der Waals surface area contributed by atoms with Crippen molar-refractivity contribution in [1.82, 2.24) is 0 Å². The number of sulfone groups is 1. The summed E-state index contributed by atoms with van der Waals surface area (Å²) in [7, 11) is -6.37. The van der Waals surface area contributed by atoms with E-state index in [1.807, 2.05) is 60.7 Å². The summed E-state index contributed by atoms with van der Waals surface area (Å²) in [6.45, 7) is 0. The maximum Gasteiger partial charge on any atom is 0.206 e. The van der Waals surface area contributed by atoms with E-state index >= 15 is 0 Å². The molecule has 0 heterocycles. The van der Waals surface area contributed by atoms with Crippen LogP contribution in [0.2, 0.25) is 0 Å². The van der Waals surface area contributed by atoms with Crippen molar-refractivity contribution in [1.29, 1.82) is 0 Å². The molecule has 0 aliphatic heterocycles. The number of hydrogen-bond donors (Lipinski definition) is 0.